The van der Waals surface area contributed by atoms with Crippen molar-refractivity contribution in [1.82, 2.24) is 0 Å². The van der Waals surface area contributed by atoms with E-state index in [0.29, 0.717) is 5.41 Å². The second-order valence-corrected chi connectivity index (χ2v) is 3.78. The highest BCUT2D eigenvalue weighted by atomic mass is 16.5. The summed E-state index contributed by atoms with van der Waals surface area (Å²) in [7, 11) is 0. The molecule has 0 atom stereocenters. The number of carbonyl (C=O) groups excluding carboxylic acids is 1. The molecule has 0 unspecified atom stereocenters. The Morgan fingerprint density at radius 1 is 1.36 bits per heavy atom. The zero-order valence-electron chi connectivity index (χ0n) is 8.10. The third kappa shape index (κ3) is 98.0. The molecule has 2 heteroatoms. The van der Waals surface area contributed by atoms with Crippen LogP contribution in [0.5, 0.6) is 0 Å². The van der Waals surface area contributed by atoms with Crippen molar-refractivity contribution in [1.29, 1.82) is 0 Å². The van der Waals surface area contributed by atoms with Crippen molar-refractivity contribution >= 4 is 5.97 Å². The first-order valence-corrected chi connectivity index (χ1v) is 3.55. The molecule has 0 radical (unpaired) electrons. The molecule has 0 aromatic carbocycles. The van der Waals surface area contributed by atoms with Crippen LogP contribution < -0.4 is 0 Å². The summed E-state index contributed by atoms with van der Waals surface area (Å²) >= 11 is 0. The quantitative estimate of drug-likeness (QED) is 0.433. The van der Waals surface area contributed by atoms with Crippen molar-refractivity contribution in [2.45, 2.75) is 34.6 Å². The summed E-state index contributed by atoms with van der Waals surface area (Å²) < 4.78 is 4.17. The predicted molar refractivity (Wildman–Crippen MR) is 47.1 cm³/mol. The summed E-state index contributed by atoms with van der Waals surface area (Å²) in [5, 5.41) is 0. The molecule has 66 valence electrons. The molecule has 0 spiro atoms. The monoisotopic (exact) mass is 158 g/mol. The molecule has 0 N–H and O–H groups in total. The van der Waals surface area contributed by atoms with E-state index in [2.05, 4.69) is 39.0 Å². The normalized spacial score (nSPS) is 9.18. The van der Waals surface area contributed by atoms with Crippen LogP contribution in [0.25, 0.3) is 0 Å². The summed E-state index contributed by atoms with van der Waals surface area (Å²) in [5.74, 6) is -0.329. The zero-order valence-corrected chi connectivity index (χ0v) is 8.10. The van der Waals surface area contributed by atoms with Gasteiger partial charge < -0.3 is 4.74 Å². The van der Waals surface area contributed by atoms with Crippen LogP contribution in [-0.2, 0) is 9.53 Å². The molecule has 0 aromatic rings. The van der Waals surface area contributed by atoms with Gasteiger partial charge in [-0.2, -0.15) is 0 Å². The van der Waals surface area contributed by atoms with Gasteiger partial charge in [0, 0.05) is 6.92 Å². The Labute approximate surface area is 69.3 Å². The van der Waals surface area contributed by atoms with Gasteiger partial charge in [0.15, 0.2) is 0 Å². The first-order valence-electron chi connectivity index (χ1n) is 3.55. The van der Waals surface area contributed by atoms with E-state index >= 15 is 0 Å². The van der Waals surface area contributed by atoms with E-state index in [0.717, 1.165) is 6.26 Å². The highest BCUT2D eigenvalue weighted by Gasteiger charge is 1.95. The Kier molecular flexibility index (Phi) is 6.96. The third-order valence-corrected chi connectivity index (χ3v) is 0.249. The lowest BCUT2D eigenvalue weighted by molar-refractivity contribution is -0.135. The summed E-state index contributed by atoms with van der Waals surface area (Å²) in [6, 6.07) is 0. The van der Waals surface area contributed by atoms with E-state index in [1.165, 1.54) is 6.92 Å². The van der Waals surface area contributed by atoms with Crippen LogP contribution in [-0.4, -0.2) is 5.97 Å². The fraction of sp³-hybridized carbons (Fsp3) is 0.667. The number of hydrogen-bond acceptors (Lipinski definition) is 2. The molecule has 0 aliphatic rings. The fourth-order valence-corrected chi connectivity index (χ4v) is 0.117. The van der Waals surface area contributed by atoms with Crippen molar-refractivity contribution in [3.8, 4) is 0 Å². The molecule has 11 heavy (non-hydrogen) atoms. The second-order valence-electron chi connectivity index (χ2n) is 3.78. The molecule has 2 nitrogen and oxygen atoms in total. The average Bonchev–Trinajstić information content (AvgIpc) is 1.58. The Morgan fingerprint density at radius 2 is 1.64 bits per heavy atom. The Hall–Kier alpha value is -0.790. The molecule has 0 aliphatic carbocycles. The van der Waals surface area contributed by atoms with Crippen LogP contribution in [0.4, 0.5) is 0 Å². The highest BCUT2D eigenvalue weighted by Crippen LogP contribution is 2.07. The minimum atomic E-state index is -0.329. The minimum Gasteiger partial charge on any atom is -0.435 e. The molecule has 0 saturated carbocycles. The van der Waals surface area contributed by atoms with Crippen molar-refractivity contribution in [3.63, 3.8) is 0 Å². The Balaban J connectivity index is 0. The van der Waals surface area contributed by atoms with Crippen LogP contribution in [0.2, 0.25) is 0 Å². The number of hydrogen-bond donors (Lipinski definition) is 0. The van der Waals surface area contributed by atoms with E-state index in [1.807, 2.05) is 0 Å². The van der Waals surface area contributed by atoms with E-state index < -0.39 is 0 Å². The highest BCUT2D eigenvalue weighted by molar-refractivity contribution is 5.66. The number of rotatable bonds is 1. The maximum absolute atomic E-state index is 9.75. The standard InChI is InChI=1S/C5H12.C4H6O2/c1-5(2,3)4;1-3-6-4(2)5/h1-4H3;3H,1H2,2H3. The van der Waals surface area contributed by atoms with Gasteiger partial charge in [0.25, 0.3) is 0 Å². The molecule has 0 heterocycles. The van der Waals surface area contributed by atoms with Gasteiger partial charge in [-0.25, -0.2) is 0 Å². The van der Waals surface area contributed by atoms with Crippen molar-refractivity contribution in [2.24, 2.45) is 5.41 Å². The fourth-order valence-electron chi connectivity index (χ4n) is 0.117. The maximum atomic E-state index is 9.75. The first kappa shape index (κ1) is 12.8. The van der Waals surface area contributed by atoms with E-state index in [-0.39, 0.29) is 5.97 Å². The summed E-state index contributed by atoms with van der Waals surface area (Å²) in [5.41, 5.74) is 0.500. The topological polar surface area (TPSA) is 26.3 Å². The first-order chi connectivity index (χ1) is 4.77. The van der Waals surface area contributed by atoms with Crippen molar-refractivity contribution in [2.75, 3.05) is 0 Å². The van der Waals surface area contributed by atoms with Gasteiger partial charge >= 0.3 is 5.97 Å². The van der Waals surface area contributed by atoms with Crippen LogP contribution in [0.3, 0.4) is 0 Å². The number of carbonyl (C=O) groups is 1. The molecule has 0 amide bonds. The maximum Gasteiger partial charge on any atom is 0.307 e. The molecular weight excluding hydrogens is 140 g/mol. The SMILES string of the molecule is C=COC(C)=O.CC(C)(C)C. The molecule has 0 aromatic heterocycles. The van der Waals surface area contributed by atoms with Gasteiger partial charge in [-0.05, 0) is 5.41 Å². The lowest BCUT2D eigenvalue weighted by Gasteiger charge is -2.05. The van der Waals surface area contributed by atoms with Crippen molar-refractivity contribution < 1.29 is 9.53 Å². The lowest BCUT2D eigenvalue weighted by Crippen LogP contribution is -1.93. The minimum absolute atomic E-state index is 0.329. The predicted octanol–water partition coefficient (Wildman–Crippen LogP) is 2.75. The second kappa shape index (κ2) is 5.96. The lowest BCUT2D eigenvalue weighted by atomic mass is 10.0. The van der Waals surface area contributed by atoms with Gasteiger partial charge in [0.1, 0.15) is 0 Å². The smallest absolute Gasteiger partial charge is 0.307 e. The summed E-state index contributed by atoms with van der Waals surface area (Å²) in [6.45, 7) is 13.2. The summed E-state index contributed by atoms with van der Waals surface area (Å²) in [4.78, 5) is 9.75. The van der Waals surface area contributed by atoms with Crippen LogP contribution in [0.15, 0.2) is 12.8 Å². The molecule has 0 fully saturated rings. The average molecular weight is 158 g/mol. The Bertz CT molecular complexity index is 114. The Morgan fingerprint density at radius 3 is 1.64 bits per heavy atom. The number of esters is 1. The van der Waals surface area contributed by atoms with E-state index in [9.17, 15) is 4.79 Å². The van der Waals surface area contributed by atoms with E-state index in [1.54, 1.807) is 0 Å². The third-order valence-electron chi connectivity index (χ3n) is 0.249. The van der Waals surface area contributed by atoms with Crippen LogP contribution in [0, 0.1) is 5.41 Å². The number of ether oxygens (including phenoxy) is 1. The molecule has 0 bridgehead atoms. The van der Waals surface area contributed by atoms with Gasteiger partial charge in [0.05, 0.1) is 6.26 Å². The molecular formula is C9H18O2. The summed E-state index contributed by atoms with van der Waals surface area (Å²) in [6.07, 6.45) is 1.10. The van der Waals surface area contributed by atoms with E-state index in [4.69, 9.17) is 0 Å². The van der Waals surface area contributed by atoms with Crippen molar-refractivity contribution in [3.05, 3.63) is 12.8 Å². The van der Waals surface area contributed by atoms with Gasteiger partial charge in [0.2, 0.25) is 0 Å². The van der Waals surface area contributed by atoms with Gasteiger partial charge in [-0.15, -0.1) is 0 Å². The van der Waals surface area contributed by atoms with Gasteiger partial charge in [-0.1, -0.05) is 34.3 Å². The molecule has 0 saturated heterocycles. The van der Waals surface area contributed by atoms with Gasteiger partial charge in [-0.3, -0.25) is 4.79 Å². The molecule has 0 rings (SSSR count). The van der Waals surface area contributed by atoms with Crippen LogP contribution in [0.1, 0.15) is 34.6 Å². The van der Waals surface area contributed by atoms with Crippen LogP contribution >= 0.6 is 0 Å². The zero-order chi connectivity index (χ0) is 9.49. The largest absolute Gasteiger partial charge is 0.435 e. The molecule has 0 aliphatic heterocycles.